The van der Waals surface area contributed by atoms with Crippen LogP contribution in [0, 0.1) is 6.92 Å². The molecular weight excluding hydrogens is 302 g/mol. The number of fused-ring (bicyclic) bond motifs is 1. The predicted octanol–water partition coefficient (Wildman–Crippen LogP) is 4.01. The van der Waals surface area contributed by atoms with Crippen molar-refractivity contribution in [3.8, 4) is 11.5 Å². The van der Waals surface area contributed by atoms with Crippen molar-refractivity contribution in [2.75, 3.05) is 19.6 Å². The molecule has 0 aliphatic heterocycles. The maximum Gasteiger partial charge on any atom is 0.147 e. The Morgan fingerprint density at radius 2 is 1.88 bits per heavy atom. The highest BCUT2D eigenvalue weighted by Crippen LogP contribution is 2.23. The van der Waals surface area contributed by atoms with Gasteiger partial charge >= 0.3 is 0 Å². The first-order valence-electron chi connectivity index (χ1n) is 7.59. The number of anilines is 1. The quantitative estimate of drug-likeness (QED) is 0.570. The molecule has 0 fully saturated rings. The molecule has 122 valence electrons. The van der Waals surface area contributed by atoms with E-state index in [-0.39, 0.29) is 0 Å². The van der Waals surface area contributed by atoms with Gasteiger partial charge < -0.3 is 9.47 Å². The molecule has 0 spiro atoms. The Labute approximate surface area is 140 Å². The van der Waals surface area contributed by atoms with Crippen LogP contribution in [0.2, 0.25) is 0 Å². The Balaban J connectivity index is 1.84. The van der Waals surface area contributed by atoms with Gasteiger partial charge in [0.15, 0.2) is 0 Å². The van der Waals surface area contributed by atoms with Crippen LogP contribution in [0.3, 0.4) is 0 Å². The van der Waals surface area contributed by atoms with Crippen molar-refractivity contribution in [3.63, 3.8) is 0 Å². The molecule has 0 bridgehead atoms. The van der Waals surface area contributed by atoms with Gasteiger partial charge in [-0.2, -0.15) is 5.10 Å². The second kappa shape index (κ2) is 7.00. The minimum absolute atomic E-state index is 0.698. The van der Waals surface area contributed by atoms with Gasteiger partial charge in [0.1, 0.15) is 17.3 Å². The summed E-state index contributed by atoms with van der Waals surface area (Å²) < 4.78 is 10.6. The van der Waals surface area contributed by atoms with Gasteiger partial charge in [-0.25, -0.2) is 4.98 Å². The number of rotatable bonds is 5. The van der Waals surface area contributed by atoms with E-state index in [9.17, 15) is 0 Å². The minimum atomic E-state index is 0.698. The summed E-state index contributed by atoms with van der Waals surface area (Å²) in [6.45, 7) is 2.06. The molecule has 24 heavy (non-hydrogen) atoms. The summed E-state index contributed by atoms with van der Waals surface area (Å²) >= 11 is 0. The van der Waals surface area contributed by atoms with E-state index in [1.165, 1.54) is 0 Å². The number of methoxy groups -OCH3 is 2. The third-order valence-electron chi connectivity index (χ3n) is 3.74. The first-order valence-corrected chi connectivity index (χ1v) is 7.59. The number of para-hydroxylation sites is 1. The Hall–Kier alpha value is -3.08. The third-order valence-corrected chi connectivity index (χ3v) is 3.74. The van der Waals surface area contributed by atoms with Gasteiger partial charge in [-0.15, -0.1) is 0 Å². The van der Waals surface area contributed by atoms with E-state index in [1.807, 2.05) is 42.5 Å². The molecule has 1 aromatic heterocycles. The number of hydrogen-bond acceptors (Lipinski definition) is 5. The summed E-state index contributed by atoms with van der Waals surface area (Å²) in [5.41, 5.74) is 5.89. The molecule has 0 aliphatic carbocycles. The van der Waals surface area contributed by atoms with Crippen LogP contribution < -0.4 is 14.9 Å². The SMILES string of the molecule is COc1ccc(OC)c(/C=N\Nc2cc(C)c3ccccc3n2)c1. The smallest absolute Gasteiger partial charge is 0.147 e. The fraction of sp³-hybridized carbons (Fsp3) is 0.158. The highest BCUT2D eigenvalue weighted by Gasteiger charge is 2.03. The number of pyridine rings is 1. The van der Waals surface area contributed by atoms with Gasteiger partial charge in [-0.1, -0.05) is 18.2 Å². The van der Waals surface area contributed by atoms with Gasteiger partial charge in [-0.05, 0) is 42.8 Å². The first-order chi connectivity index (χ1) is 11.7. The van der Waals surface area contributed by atoms with Crippen molar-refractivity contribution in [1.29, 1.82) is 0 Å². The lowest BCUT2D eigenvalue weighted by atomic mass is 10.1. The van der Waals surface area contributed by atoms with Gasteiger partial charge in [0.05, 0.1) is 26.0 Å². The van der Waals surface area contributed by atoms with Crippen molar-refractivity contribution >= 4 is 22.9 Å². The fourth-order valence-electron chi connectivity index (χ4n) is 2.51. The highest BCUT2D eigenvalue weighted by atomic mass is 16.5. The predicted molar refractivity (Wildman–Crippen MR) is 97.2 cm³/mol. The Kier molecular flexibility index (Phi) is 4.61. The molecule has 5 heteroatoms. The van der Waals surface area contributed by atoms with Crippen LogP contribution in [0.1, 0.15) is 11.1 Å². The number of benzene rings is 2. The lowest BCUT2D eigenvalue weighted by molar-refractivity contribution is 0.402. The normalized spacial score (nSPS) is 11.0. The summed E-state index contributed by atoms with van der Waals surface area (Å²) in [4.78, 5) is 4.56. The van der Waals surface area contributed by atoms with Crippen LogP contribution >= 0.6 is 0 Å². The van der Waals surface area contributed by atoms with Gasteiger partial charge in [-0.3, -0.25) is 5.43 Å². The minimum Gasteiger partial charge on any atom is -0.497 e. The second-order valence-electron chi connectivity index (χ2n) is 5.32. The van der Waals surface area contributed by atoms with Crippen molar-refractivity contribution in [2.45, 2.75) is 6.92 Å². The van der Waals surface area contributed by atoms with Crippen LogP contribution in [0.15, 0.2) is 53.6 Å². The zero-order valence-corrected chi connectivity index (χ0v) is 13.9. The largest absolute Gasteiger partial charge is 0.497 e. The summed E-state index contributed by atoms with van der Waals surface area (Å²) in [5.74, 6) is 2.17. The molecule has 1 N–H and O–H groups in total. The molecule has 0 unspecified atom stereocenters. The molecule has 1 heterocycles. The second-order valence-corrected chi connectivity index (χ2v) is 5.32. The lowest BCUT2D eigenvalue weighted by Crippen LogP contribution is -1.97. The molecule has 0 saturated heterocycles. The molecule has 3 aromatic rings. The molecule has 0 aliphatic rings. The van der Waals surface area contributed by atoms with E-state index < -0.39 is 0 Å². The molecule has 5 nitrogen and oxygen atoms in total. The monoisotopic (exact) mass is 321 g/mol. The number of ether oxygens (including phenoxy) is 2. The van der Waals surface area contributed by atoms with Crippen molar-refractivity contribution in [3.05, 3.63) is 59.7 Å². The van der Waals surface area contributed by atoms with Crippen LogP contribution in [0.4, 0.5) is 5.82 Å². The molecule has 0 atom stereocenters. The number of hydrazone groups is 1. The third kappa shape index (κ3) is 3.30. The molecule has 0 amide bonds. The molecule has 0 saturated carbocycles. The van der Waals surface area contributed by atoms with Crippen molar-refractivity contribution in [2.24, 2.45) is 5.10 Å². The van der Waals surface area contributed by atoms with Crippen LogP contribution in [0.25, 0.3) is 10.9 Å². The first kappa shape index (κ1) is 15.8. The van der Waals surface area contributed by atoms with E-state index in [0.29, 0.717) is 5.82 Å². The van der Waals surface area contributed by atoms with Crippen molar-refractivity contribution < 1.29 is 9.47 Å². The molecule has 2 aromatic carbocycles. The average Bonchev–Trinajstić information content (AvgIpc) is 2.61. The summed E-state index contributed by atoms with van der Waals surface area (Å²) in [6, 6.07) is 15.6. The number of aromatic nitrogens is 1. The van der Waals surface area contributed by atoms with E-state index in [1.54, 1.807) is 20.4 Å². The molecule has 3 rings (SSSR count). The van der Waals surface area contributed by atoms with E-state index in [4.69, 9.17) is 9.47 Å². The Morgan fingerprint density at radius 1 is 1.04 bits per heavy atom. The standard InChI is InChI=1S/C19H19N3O2/c1-13-10-19(21-17-7-5-4-6-16(13)17)22-20-12-14-11-15(23-2)8-9-18(14)24-3/h4-12H,1-3H3,(H,21,22)/b20-12-. The van der Waals surface area contributed by atoms with Crippen molar-refractivity contribution in [1.82, 2.24) is 4.98 Å². The topological polar surface area (TPSA) is 55.7 Å². The molecule has 0 radical (unpaired) electrons. The summed E-state index contributed by atoms with van der Waals surface area (Å²) in [5, 5.41) is 5.41. The van der Waals surface area contributed by atoms with E-state index in [2.05, 4.69) is 28.5 Å². The van der Waals surface area contributed by atoms with Gasteiger partial charge in [0.2, 0.25) is 0 Å². The maximum absolute atomic E-state index is 5.33. The van der Waals surface area contributed by atoms with Crippen LogP contribution in [-0.2, 0) is 0 Å². The number of hydrogen-bond donors (Lipinski definition) is 1. The van der Waals surface area contributed by atoms with Crippen LogP contribution in [0.5, 0.6) is 11.5 Å². The fourth-order valence-corrected chi connectivity index (χ4v) is 2.51. The Morgan fingerprint density at radius 3 is 2.67 bits per heavy atom. The highest BCUT2D eigenvalue weighted by molar-refractivity contribution is 5.86. The number of nitrogens with one attached hydrogen (secondary N) is 1. The van der Waals surface area contributed by atoms with E-state index in [0.717, 1.165) is 33.5 Å². The molecular formula is C19H19N3O2. The zero-order chi connectivity index (χ0) is 16.9. The van der Waals surface area contributed by atoms with E-state index >= 15 is 0 Å². The van der Waals surface area contributed by atoms with Crippen LogP contribution in [-0.4, -0.2) is 25.4 Å². The number of nitrogens with zero attached hydrogens (tertiary/aromatic N) is 2. The Bertz CT molecular complexity index is 891. The summed E-state index contributed by atoms with van der Waals surface area (Å²) in [7, 11) is 3.25. The zero-order valence-electron chi connectivity index (χ0n) is 13.9. The average molecular weight is 321 g/mol. The van der Waals surface area contributed by atoms with Gasteiger partial charge in [0.25, 0.3) is 0 Å². The number of aryl methyl sites for hydroxylation is 1. The van der Waals surface area contributed by atoms with Gasteiger partial charge in [0, 0.05) is 10.9 Å². The maximum atomic E-state index is 5.33. The summed E-state index contributed by atoms with van der Waals surface area (Å²) in [6.07, 6.45) is 1.69. The lowest BCUT2D eigenvalue weighted by Gasteiger charge is -2.07.